The van der Waals surface area contributed by atoms with Gasteiger partial charge in [-0.25, -0.2) is 0 Å². The van der Waals surface area contributed by atoms with Crippen molar-refractivity contribution < 1.29 is 29.7 Å². The first-order valence-corrected chi connectivity index (χ1v) is 9.23. The Hall–Kier alpha value is -4.00. The molecule has 3 N–H and O–H groups in total. The molecule has 0 aliphatic carbocycles. The van der Waals surface area contributed by atoms with Gasteiger partial charge in [-0.2, -0.15) is 0 Å². The molecule has 7 heteroatoms. The standard InChI is InChI=1S/C23H21NO6/c25-19-8-4-17(5-9-19)23(18-6-10-20(26)11-7-18)24-30-13-12-29-21-3-1-2-16(14-21)15-22(27)28/h1-11,14,25-26H,12-13,15H2,(H,27,28). The lowest BCUT2D eigenvalue weighted by atomic mass is 10.0. The van der Waals surface area contributed by atoms with E-state index < -0.39 is 5.97 Å². The largest absolute Gasteiger partial charge is 0.508 e. The molecule has 0 heterocycles. The highest BCUT2D eigenvalue weighted by Gasteiger charge is 2.09. The van der Waals surface area contributed by atoms with Gasteiger partial charge in [0.1, 0.15) is 29.6 Å². The van der Waals surface area contributed by atoms with Crippen LogP contribution in [0.5, 0.6) is 17.2 Å². The number of oxime groups is 1. The first-order chi connectivity index (χ1) is 14.5. The smallest absolute Gasteiger partial charge is 0.307 e. The van der Waals surface area contributed by atoms with Crippen LogP contribution in [0.4, 0.5) is 0 Å². The van der Waals surface area contributed by atoms with Gasteiger partial charge in [0.2, 0.25) is 0 Å². The Balaban J connectivity index is 1.64. The van der Waals surface area contributed by atoms with Crippen molar-refractivity contribution in [3.05, 3.63) is 89.5 Å². The van der Waals surface area contributed by atoms with E-state index in [0.717, 1.165) is 11.1 Å². The van der Waals surface area contributed by atoms with Gasteiger partial charge in [-0.15, -0.1) is 0 Å². The number of carbonyl (C=O) groups is 1. The summed E-state index contributed by atoms with van der Waals surface area (Å²) >= 11 is 0. The van der Waals surface area contributed by atoms with Crippen LogP contribution in [0.25, 0.3) is 0 Å². The Bertz CT molecular complexity index is 965. The summed E-state index contributed by atoms with van der Waals surface area (Å²) < 4.78 is 5.60. The number of hydrogen-bond donors (Lipinski definition) is 3. The zero-order chi connectivity index (χ0) is 21.3. The van der Waals surface area contributed by atoms with Crippen molar-refractivity contribution in [1.29, 1.82) is 0 Å². The van der Waals surface area contributed by atoms with Crippen molar-refractivity contribution in [3.8, 4) is 17.2 Å². The lowest BCUT2D eigenvalue weighted by molar-refractivity contribution is -0.136. The monoisotopic (exact) mass is 407 g/mol. The number of rotatable bonds is 9. The number of carboxylic acids is 1. The molecule has 30 heavy (non-hydrogen) atoms. The summed E-state index contributed by atoms with van der Waals surface area (Å²) in [6.45, 7) is 0.390. The predicted molar refractivity (Wildman–Crippen MR) is 111 cm³/mol. The zero-order valence-electron chi connectivity index (χ0n) is 16.1. The first kappa shape index (κ1) is 20.7. The van der Waals surface area contributed by atoms with Crippen molar-refractivity contribution in [3.63, 3.8) is 0 Å². The zero-order valence-corrected chi connectivity index (χ0v) is 16.1. The summed E-state index contributed by atoms with van der Waals surface area (Å²) in [4.78, 5) is 16.2. The number of aromatic hydroxyl groups is 2. The molecule has 0 aliphatic rings. The Morgan fingerprint density at radius 1 is 0.833 bits per heavy atom. The van der Waals surface area contributed by atoms with Crippen LogP contribution in [0.1, 0.15) is 16.7 Å². The summed E-state index contributed by atoms with van der Waals surface area (Å²) in [7, 11) is 0. The maximum absolute atomic E-state index is 10.8. The van der Waals surface area contributed by atoms with E-state index >= 15 is 0 Å². The van der Waals surface area contributed by atoms with Crippen molar-refractivity contribution >= 4 is 11.7 Å². The summed E-state index contributed by atoms with van der Waals surface area (Å²) in [6, 6.07) is 20.0. The molecular weight excluding hydrogens is 386 g/mol. The predicted octanol–water partition coefficient (Wildman–Crippen LogP) is 3.57. The second kappa shape index (κ2) is 9.97. The third-order valence-electron chi connectivity index (χ3n) is 4.13. The molecule has 0 bridgehead atoms. The number of hydrogen-bond acceptors (Lipinski definition) is 6. The highest BCUT2D eigenvalue weighted by atomic mass is 16.6. The fraction of sp³-hybridized carbons (Fsp3) is 0.130. The van der Waals surface area contributed by atoms with Gasteiger partial charge in [-0.05, 0) is 66.2 Å². The molecule has 0 spiro atoms. The van der Waals surface area contributed by atoms with E-state index in [9.17, 15) is 15.0 Å². The molecule has 3 aromatic carbocycles. The third kappa shape index (κ3) is 6.00. The SMILES string of the molecule is O=C(O)Cc1cccc(OCCON=C(c2ccc(O)cc2)c2ccc(O)cc2)c1. The van der Waals surface area contributed by atoms with E-state index in [2.05, 4.69) is 5.16 Å². The molecule has 0 unspecified atom stereocenters. The van der Waals surface area contributed by atoms with Gasteiger partial charge in [-0.1, -0.05) is 17.3 Å². The third-order valence-corrected chi connectivity index (χ3v) is 4.13. The molecule has 0 radical (unpaired) electrons. The summed E-state index contributed by atoms with van der Waals surface area (Å²) in [5, 5.41) is 32.1. The second-order valence-electron chi connectivity index (χ2n) is 6.43. The van der Waals surface area contributed by atoms with Crippen LogP contribution < -0.4 is 4.74 Å². The van der Waals surface area contributed by atoms with Crippen molar-refractivity contribution in [2.75, 3.05) is 13.2 Å². The molecule has 0 amide bonds. The Morgan fingerprint density at radius 2 is 1.43 bits per heavy atom. The summed E-state index contributed by atoms with van der Waals surface area (Å²) in [5.74, 6) is -0.0639. The molecule has 0 saturated heterocycles. The second-order valence-corrected chi connectivity index (χ2v) is 6.43. The number of phenolic OH excluding ortho intramolecular Hbond substituents is 2. The summed E-state index contributed by atoms with van der Waals surface area (Å²) in [6.07, 6.45) is -0.0688. The van der Waals surface area contributed by atoms with E-state index in [1.165, 1.54) is 0 Å². The number of carboxylic acid groups (broad SMARTS) is 1. The van der Waals surface area contributed by atoms with Crippen LogP contribution in [0, 0.1) is 0 Å². The number of ether oxygens (including phenoxy) is 1. The van der Waals surface area contributed by atoms with E-state index in [1.54, 1.807) is 72.8 Å². The molecule has 3 rings (SSSR count). The van der Waals surface area contributed by atoms with Crippen molar-refractivity contribution in [1.82, 2.24) is 0 Å². The average molecular weight is 407 g/mol. The van der Waals surface area contributed by atoms with Gasteiger partial charge >= 0.3 is 5.97 Å². The molecule has 0 aliphatic heterocycles. The lowest BCUT2D eigenvalue weighted by Crippen LogP contribution is -2.08. The van der Waals surface area contributed by atoms with Crippen LogP contribution in [0.2, 0.25) is 0 Å². The quantitative estimate of drug-likeness (QED) is 0.284. The Morgan fingerprint density at radius 3 is 2.00 bits per heavy atom. The van der Waals surface area contributed by atoms with Crippen LogP contribution in [-0.4, -0.2) is 40.2 Å². The van der Waals surface area contributed by atoms with Gasteiger partial charge in [0.15, 0.2) is 6.61 Å². The van der Waals surface area contributed by atoms with Gasteiger partial charge < -0.3 is 24.9 Å². The van der Waals surface area contributed by atoms with Gasteiger partial charge in [0, 0.05) is 11.1 Å². The van der Waals surface area contributed by atoms with E-state index in [4.69, 9.17) is 14.7 Å². The van der Waals surface area contributed by atoms with Gasteiger partial charge in [-0.3, -0.25) is 4.79 Å². The van der Waals surface area contributed by atoms with Crippen molar-refractivity contribution in [2.24, 2.45) is 5.16 Å². The summed E-state index contributed by atoms with van der Waals surface area (Å²) in [5.41, 5.74) is 2.67. The Labute approximate surface area is 173 Å². The topological polar surface area (TPSA) is 109 Å². The fourth-order valence-corrected chi connectivity index (χ4v) is 2.74. The average Bonchev–Trinajstić information content (AvgIpc) is 2.72. The minimum Gasteiger partial charge on any atom is -0.508 e. The van der Waals surface area contributed by atoms with E-state index in [1.807, 2.05) is 0 Å². The van der Waals surface area contributed by atoms with Gasteiger partial charge in [0.25, 0.3) is 0 Å². The van der Waals surface area contributed by atoms with Crippen LogP contribution >= 0.6 is 0 Å². The Kier molecular flexibility index (Phi) is 6.89. The number of aliphatic carboxylic acids is 1. The maximum Gasteiger partial charge on any atom is 0.307 e. The number of benzene rings is 3. The highest BCUT2D eigenvalue weighted by Crippen LogP contribution is 2.18. The van der Waals surface area contributed by atoms with Crippen molar-refractivity contribution in [2.45, 2.75) is 6.42 Å². The lowest BCUT2D eigenvalue weighted by Gasteiger charge is -2.09. The fourth-order valence-electron chi connectivity index (χ4n) is 2.74. The molecule has 0 fully saturated rings. The molecule has 154 valence electrons. The molecular formula is C23H21NO6. The molecule has 7 nitrogen and oxygen atoms in total. The molecule has 0 saturated carbocycles. The van der Waals surface area contributed by atoms with Crippen LogP contribution in [0.3, 0.4) is 0 Å². The van der Waals surface area contributed by atoms with Crippen LogP contribution in [-0.2, 0) is 16.1 Å². The molecule has 0 atom stereocenters. The first-order valence-electron chi connectivity index (χ1n) is 9.23. The molecule has 3 aromatic rings. The van der Waals surface area contributed by atoms with Crippen LogP contribution in [0.15, 0.2) is 78.0 Å². The molecule has 0 aromatic heterocycles. The maximum atomic E-state index is 10.8. The normalized spacial score (nSPS) is 10.3. The van der Waals surface area contributed by atoms with E-state index in [-0.39, 0.29) is 31.1 Å². The number of nitrogens with zero attached hydrogens (tertiary/aromatic N) is 1. The highest BCUT2D eigenvalue weighted by molar-refractivity contribution is 6.12. The van der Waals surface area contributed by atoms with E-state index in [0.29, 0.717) is 17.0 Å². The minimum atomic E-state index is -0.902. The minimum absolute atomic E-state index is 0.0688. The van der Waals surface area contributed by atoms with Gasteiger partial charge in [0.05, 0.1) is 6.42 Å². The number of phenols is 2.